The molecule has 1 aliphatic rings. The molecule has 0 unspecified atom stereocenters. The predicted molar refractivity (Wildman–Crippen MR) is 90.7 cm³/mol. The van der Waals surface area contributed by atoms with Crippen LogP contribution in [-0.4, -0.2) is 36.5 Å². The van der Waals surface area contributed by atoms with Gasteiger partial charge in [-0.3, -0.25) is 14.5 Å². The maximum absolute atomic E-state index is 12.3. The Bertz CT molecular complexity index is 746. The third-order valence-corrected chi connectivity index (χ3v) is 4.39. The summed E-state index contributed by atoms with van der Waals surface area (Å²) in [7, 11) is 0. The number of rotatable bonds is 5. The Labute approximate surface area is 145 Å². The molecule has 0 bridgehead atoms. The van der Waals surface area contributed by atoms with Gasteiger partial charge in [0.1, 0.15) is 19.0 Å². The monoisotopic (exact) mass is 347 g/mol. The molecule has 1 aliphatic heterocycles. The summed E-state index contributed by atoms with van der Waals surface area (Å²) in [5, 5.41) is 3.62. The van der Waals surface area contributed by atoms with E-state index in [4.69, 9.17) is 16.0 Å². The van der Waals surface area contributed by atoms with E-state index in [0.29, 0.717) is 11.6 Å². The SMILES string of the molecule is Cc1c(Cl)cccc1N1CN(C(=O)CNCc2ccco2)CC1=O. The molecule has 3 rings (SSSR count). The van der Waals surface area contributed by atoms with Crippen molar-refractivity contribution in [2.45, 2.75) is 13.5 Å². The zero-order chi connectivity index (χ0) is 17.1. The minimum atomic E-state index is -0.128. The Kier molecular flexibility index (Phi) is 4.87. The van der Waals surface area contributed by atoms with Crippen LogP contribution in [-0.2, 0) is 16.1 Å². The number of benzene rings is 1. The van der Waals surface area contributed by atoms with E-state index in [9.17, 15) is 9.59 Å². The van der Waals surface area contributed by atoms with Crippen molar-refractivity contribution < 1.29 is 14.0 Å². The van der Waals surface area contributed by atoms with E-state index in [0.717, 1.165) is 17.0 Å². The lowest BCUT2D eigenvalue weighted by molar-refractivity contribution is -0.130. The smallest absolute Gasteiger partial charge is 0.248 e. The molecule has 1 N–H and O–H groups in total. The second kappa shape index (κ2) is 7.07. The fourth-order valence-electron chi connectivity index (χ4n) is 2.63. The molecule has 7 heteroatoms. The van der Waals surface area contributed by atoms with Crippen molar-refractivity contribution in [3.05, 3.63) is 52.9 Å². The topological polar surface area (TPSA) is 65.8 Å². The molecule has 0 saturated carbocycles. The number of amides is 2. The summed E-state index contributed by atoms with van der Waals surface area (Å²) in [5.74, 6) is 0.522. The third-order valence-electron chi connectivity index (χ3n) is 3.98. The van der Waals surface area contributed by atoms with Crippen molar-refractivity contribution in [2.24, 2.45) is 0 Å². The van der Waals surface area contributed by atoms with Gasteiger partial charge in [-0.25, -0.2) is 0 Å². The van der Waals surface area contributed by atoms with Crippen molar-refractivity contribution in [2.75, 3.05) is 24.7 Å². The first-order chi connectivity index (χ1) is 11.6. The van der Waals surface area contributed by atoms with E-state index in [-0.39, 0.29) is 31.6 Å². The van der Waals surface area contributed by atoms with Crippen molar-refractivity contribution in [1.29, 1.82) is 0 Å². The molecule has 0 radical (unpaired) electrons. The van der Waals surface area contributed by atoms with Crippen LogP contribution in [0.3, 0.4) is 0 Å². The Morgan fingerprint density at radius 1 is 1.33 bits per heavy atom. The highest BCUT2D eigenvalue weighted by molar-refractivity contribution is 6.31. The Balaban J connectivity index is 1.59. The fraction of sp³-hybridized carbons (Fsp3) is 0.294. The first-order valence-electron chi connectivity index (χ1n) is 7.62. The number of nitrogens with one attached hydrogen (secondary N) is 1. The molecule has 1 saturated heterocycles. The number of anilines is 1. The molecule has 1 aromatic heterocycles. The number of hydrogen-bond acceptors (Lipinski definition) is 4. The first-order valence-corrected chi connectivity index (χ1v) is 8.00. The summed E-state index contributed by atoms with van der Waals surface area (Å²) in [6.07, 6.45) is 1.59. The summed E-state index contributed by atoms with van der Waals surface area (Å²) in [4.78, 5) is 27.7. The standard InChI is InChI=1S/C17H18ClN3O3/c1-12-14(18)5-2-6-15(12)21-11-20(10-17(21)23)16(22)9-19-8-13-4-3-7-24-13/h2-7,19H,8-11H2,1H3. The average molecular weight is 348 g/mol. The third kappa shape index (κ3) is 3.44. The van der Waals surface area contributed by atoms with E-state index in [2.05, 4.69) is 5.32 Å². The number of hydrogen-bond donors (Lipinski definition) is 1. The van der Waals surface area contributed by atoms with E-state index in [1.807, 2.05) is 19.1 Å². The fourth-order valence-corrected chi connectivity index (χ4v) is 2.80. The molecule has 2 amide bonds. The van der Waals surface area contributed by atoms with Gasteiger partial charge in [0.2, 0.25) is 11.8 Å². The van der Waals surface area contributed by atoms with Crippen LogP contribution in [0.25, 0.3) is 0 Å². The largest absolute Gasteiger partial charge is 0.468 e. The minimum Gasteiger partial charge on any atom is -0.468 e. The lowest BCUT2D eigenvalue weighted by Gasteiger charge is -2.20. The normalized spacial score (nSPS) is 14.5. The Morgan fingerprint density at radius 2 is 2.17 bits per heavy atom. The van der Waals surface area contributed by atoms with Gasteiger partial charge < -0.3 is 14.6 Å². The van der Waals surface area contributed by atoms with E-state index in [1.54, 1.807) is 29.4 Å². The number of carbonyl (C=O) groups excluding carboxylic acids is 2. The Morgan fingerprint density at radius 3 is 2.92 bits per heavy atom. The molecule has 1 fully saturated rings. The summed E-state index contributed by atoms with van der Waals surface area (Å²) < 4.78 is 5.19. The van der Waals surface area contributed by atoms with Crippen LogP contribution in [0.1, 0.15) is 11.3 Å². The maximum atomic E-state index is 12.3. The van der Waals surface area contributed by atoms with Crippen LogP contribution in [0.4, 0.5) is 5.69 Å². The molecule has 2 aromatic rings. The number of furan rings is 1. The van der Waals surface area contributed by atoms with Gasteiger partial charge in [0.15, 0.2) is 0 Å². The average Bonchev–Trinajstić information content (AvgIpc) is 3.20. The summed E-state index contributed by atoms with van der Waals surface area (Å²) >= 11 is 6.12. The van der Waals surface area contributed by atoms with E-state index in [1.165, 1.54) is 4.90 Å². The van der Waals surface area contributed by atoms with Gasteiger partial charge in [0, 0.05) is 10.7 Å². The van der Waals surface area contributed by atoms with Crippen LogP contribution >= 0.6 is 11.6 Å². The van der Waals surface area contributed by atoms with E-state index >= 15 is 0 Å². The van der Waals surface area contributed by atoms with Gasteiger partial charge in [0.05, 0.1) is 19.4 Å². The quantitative estimate of drug-likeness (QED) is 0.900. The molecule has 1 aromatic carbocycles. The number of halogens is 1. The van der Waals surface area contributed by atoms with Gasteiger partial charge in [-0.05, 0) is 36.8 Å². The molecule has 126 valence electrons. The Hall–Kier alpha value is -2.31. The van der Waals surface area contributed by atoms with Crippen LogP contribution in [0, 0.1) is 6.92 Å². The van der Waals surface area contributed by atoms with Crippen LogP contribution < -0.4 is 10.2 Å². The molecule has 0 spiro atoms. The van der Waals surface area contributed by atoms with Crippen molar-refractivity contribution in [3.8, 4) is 0 Å². The van der Waals surface area contributed by atoms with Crippen LogP contribution in [0.5, 0.6) is 0 Å². The lowest BCUT2D eigenvalue weighted by Crippen LogP contribution is -2.37. The van der Waals surface area contributed by atoms with Crippen molar-refractivity contribution >= 4 is 29.1 Å². The molecule has 24 heavy (non-hydrogen) atoms. The lowest BCUT2D eigenvalue weighted by atomic mass is 10.2. The van der Waals surface area contributed by atoms with Gasteiger partial charge in [0.25, 0.3) is 0 Å². The first kappa shape index (κ1) is 16.5. The van der Waals surface area contributed by atoms with Gasteiger partial charge >= 0.3 is 0 Å². The highest BCUT2D eigenvalue weighted by Crippen LogP contribution is 2.28. The molecular weight excluding hydrogens is 330 g/mol. The van der Waals surface area contributed by atoms with Gasteiger partial charge in [-0.2, -0.15) is 0 Å². The van der Waals surface area contributed by atoms with Crippen LogP contribution in [0.15, 0.2) is 41.0 Å². The predicted octanol–water partition coefficient (Wildman–Crippen LogP) is 2.16. The summed E-state index contributed by atoms with van der Waals surface area (Å²) in [6, 6.07) is 9.04. The van der Waals surface area contributed by atoms with E-state index < -0.39 is 0 Å². The summed E-state index contributed by atoms with van der Waals surface area (Å²) in [5.41, 5.74) is 1.57. The second-order valence-electron chi connectivity index (χ2n) is 5.62. The maximum Gasteiger partial charge on any atom is 0.248 e. The zero-order valence-corrected chi connectivity index (χ0v) is 14.0. The highest BCUT2D eigenvalue weighted by Gasteiger charge is 2.32. The molecule has 0 aliphatic carbocycles. The molecule has 6 nitrogen and oxygen atoms in total. The molecule has 2 heterocycles. The molecular formula is C17H18ClN3O3. The molecule has 0 atom stereocenters. The number of nitrogens with zero attached hydrogens (tertiary/aromatic N) is 2. The highest BCUT2D eigenvalue weighted by atomic mass is 35.5. The number of carbonyl (C=O) groups is 2. The van der Waals surface area contributed by atoms with Crippen molar-refractivity contribution in [3.63, 3.8) is 0 Å². The summed E-state index contributed by atoms with van der Waals surface area (Å²) in [6.45, 7) is 2.79. The second-order valence-corrected chi connectivity index (χ2v) is 6.03. The minimum absolute atomic E-state index is 0.0766. The van der Waals surface area contributed by atoms with Gasteiger partial charge in [-0.1, -0.05) is 17.7 Å². The zero-order valence-electron chi connectivity index (χ0n) is 13.3. The van der Waals surface area contributed by atoms with Crippen molar-refractivity contribution in [1.82, 2.24) is 10.2 Å². The van der Waals surface area contributed by atoms with Crippen LogP contribution in [0.2, 0.25) is 5.02 Å². The van der Waals surface area contributed by atoms with Gasteiger partial charge in [-0.15, -0.1) is 0 Å².